The van der Waals surface area contributed by atoms with E-state index in [1.165, 1.54) is 0 Å². The lowest BCUT2D eigenvalue weighted by Gasteiger charge is -2.25. The third kappa shape index (κ3) is 4.47. The first-order valence-corrected chi connectivity index (χ1v) is 12.3. The molecule has 6 heteroatoms. The number of carbonyl (C=O) groups is 1. The van der Waals surface area contributed by atoms with Crippen molar-refractivity contribution in [2.24, 2.45) is 0 Å². The summed E-state index contributed by atoms with van der Waals surface area (Å²) in [4.78, 5) is 29.0. The van der Waals surface area contributed by atoms with E-state index in [4.69, 9.17) is 13.9 Å². The number of nitrogens with zero attached hydrogens (tertiary/aromatic N) is 1. The van der Waals surface area contributed by atoms with Crippen LogP contribution >= 0.6 is 0 Å². The second-order valence-corrected chi connectivity index (χ2v) is 8.94. The Morgan fingerprint density at radius 1 is 0.944 bits per heavy atom. The molecule has 0 saturated carbocycles. The Labute approximate surface area is 210 Å². The zero-order chi connectivity index (χ0) is 25.1. The van der Waals surface area contributed by atoms with Crippen LogP contribution in [0.4, 0.5) is 0 Å². The van der Waals surface area contributed by atoms with E-state index < -0.39 is 6.04 Å². The number of benzene rings is 3. The van der Waals surface area contributed by atoms with E-state index in [9.17, 15) is 9.59 Å². The van der Waals surface area contributed by atoms with Gasteiger partial charge in [0.05, 0.1) is 30.7 Å². The van der Waals surface area contributed by atoms with Crippen LogP contribution < -0.4 is 14.9 Å². The minimum atomic E-state index is -0.554. The Balaban J connectivity index is 1.55. The van der Waals surface area contributed by atoms with Crippen molar-refractivity contribution < 1.29 is 18.7 Å². The van der Waals surface area contributed by atoms with Gasteiger partial charge in [-0.15, -0.1) is 0 Å². The molecule has 0 fully saturated rings. The number of methoxy groups -OCH3 is 1. The molecule has 1 atom stereocenters. The number of hydrogen-bond acceptors (Lipinski definition) is 5. The summed E-state index contributed by atoms with van der Waals surface area (Å²) in [5.74, 6) is 1.35. The van der Waals surface area contributed by atoms with Crippen LogP contribution in [0.25, 0.3) is 11.0 Å². The average Bonchev–Trinajstić information content (AvgIpc) is 3.20. The third-order valence-corrected chi connectivity index (χ3v) is 6.61. The van der Waals surface area contributed by atoms with E-state index in [0.29, 0.717) is 36.1 Å². The predicted octanol–water partition coefficient (Wildman–Crippen LogP) is 5.77. The molecule has 0 radical (unpaired) electrons. The first-order valence-electron chi connectivity index (χ1n) is 12.3. The van der Waals surface area contributed by atoms with Gasteiger partial charge >= 0.3 is 0 Å². The molecule has 2 heterocycles. The molecule has 1 aliphatic rings. The van der Waals surface area contributed by atoms with Crippen LogP contribution in [-0.2, 0) is 6.42 Å². The van der Waals surface area contributed by atoms with Crippen molar-refractivity contribution in [1.82, 2.24) is 4.90 Å². The van der Waals surface area contributed by atoms with Crippen molar-refractivity contribution in [1.29, 1.82) is 0 Å². The van der Waals surface area contributed by atoms with E-state index in [-0.39, 0.29) is 17.1 Å². The standard InChI is InChI=1S/C30H29NO5/c1-3-4-18-35-23-9-7-8-21(19-23)27-26-28(32)24-10-5-6-11-25(24)36-29(26)30(33)31(27)17-16-20-12-14-22(34-2)15-13-20/h5-15,19,27H,3-4,16-18H2,1-2H3/t27-/m1/s1. The van der Waals surface area contributed by atoms with Crippen LogP contribution in [0.3, 0.4) is 0 Å². The smallest absolute Gasteiger partial charge is 0.290 e. The molecule has 1 aromatic heterocycles. The van der Waals surface area contributed by atoms with Crippen molar-refractivity contribution in [3.63, 3.8) is 0 Å². The Kier molecular flexibility index (Phi) is 6.76. The van der Waals surface area contributed by atoms with E-state index in [1.807, 2.05) is 48.5 Å². The highest BCUT2D eigenvalue weighted by molar-refractivity contribution is 5.99. The Morgan fingerprint density at radius 3 is 2.53 bits per heavy atom. The summed E-state index contributed by atoms with van der Waals surface area (Å²) >= 11 is 0. The number of unbranched alkanes of at least 4 members (excludes halogenated alkanes) is 1. The van der Waals surface area contributed by atoms with Crippen molar-refractivity contribution in [2.75, 3.05) is 20.3 Å². The van der Waals surface area contributed by atoms with Crippen molar-refractivity contribution in [3.05, 3.63) is 105 Å². The highest BCUT2D eigenvalue weighted by Gasteiger charge is 2.42. The third-order valence-electron chi connectivity index (χ3n) is 6.61. The van der Waals surface area contributed by atoms with E-state index >= 15 is 0 Å². The zero-order valence-corrected chi connectivity index (χ0v) is 20.5. The lowest BCUT2D eigenvalue weighted by Crippen LogP contribution is -2.31. The number of hydrogen-bond donors (Lipinski definition) is 0. The van der Waals surface area contributed by atoms with Gasteiger partial charge in [-0.1, -0.05) is 49.7 Å². The van der Waals surface area contributed by atoms with Gasteiger partial charge in [0, 0.05) is 6.54 Å². The van der Waals surface area contributed by atoms with Gasteiger partial charge in [0.25, 0.3) is 5.91 Å². The number of fused-ring (bicyclic) bond motifs is 2. The van der Waals surface area contributed by atoms with E-state index in [0.717, 1.165) is 35.5 Å². The molecule has 0 spiro atoms. The van der Waals surface area contributed by atoms with Gasteiger partial charge < -0.3 is 18.8 Å². The molecule has 1 aliphatic heterocycles. The minimum Gasteiger partial charge on any atom is -0.497 e. The fourth-order valence-corrected chi connectivity index (χ4v) is 4.69. The van der Waals surface area contributed by atoms with Gasteiger partial charge in [-0.3, -0.25) is 9.59 Å². The molecule has 0 unspecified atom stereocenters. The van der Waals surface area contributed by atoms with E-state index in [2.05, 4.69) is 6.92 Å². The molecule has 4 aromatic rings. The molecule has 5 rings (SSSR count). The number of carbonyl (C=O) groups excluding carboxylic acids is 1. The Hall–Kier alpha value is -4.06. The fraction of sp³-hybridized carbons (Fsp3) is 0.267. The summed E-state index contributed by atoms with van der Waals surface area (Å²) in [5.41, 5.74) is 2.53. The van der Waals surface area contributed by atoms with Gasteiger partial charge in [0.2, 0.25) is 5.76 Å². The normalized spacial score (nSPS) is 14.8. The minimum absolute atomic E-state index is 0.121. The maximum absolute atomic E-state index is 13.7. The Morgan fingerprint density at radius 2 is 1.75 bits per heavy atom. The molecule has 36 heavy (non-hydrogen) atoms. The van der Waals surface area contributed by atoms with Crippen molar-refractivity contribution in [3.8, 4) is 11.5 Å². The topological polar surface area (TPSA) is 69.0 Å². The summed E-state index contributed by atoms with van der Waals surface area (Å²) in [7, 11) is 1.63. The first-order chi connectivity index (χ1) is 17.6. The van der Waals surface area contributed by atoms with Crippen LogP contribution in [0, 0.1) is 0 Å². The van der Waals surface area contributed by atoms with Gasteiger partial charge in [0.1, 0.15) is 17.1 Å². The van der Waals surface area contributed by atoms with Crippen molar-refractivity contribution >= 4 is 16.9 Å². The summed E-state index contributed by atoms with van der Waals surface area (Å²) in [6.45, 7) is 3.16. The summed E-state index contributed by atoms with van der Waals surface area (Å²) in [5, 5.41) is 0.474. The molecule has 0 bridgehead atoms. The van der Waals surface area contributed by atoms with Gasteiger partial charge in [-0.25, -0.2) is 0 Å². The molecule has 3 aromatic carbocycles. The predicted molar refractivity (Wildman–Crippen MR) is 139 cm³/mol. The summed E-state index contributed by atoms with van der Waals surface area (Å²) < 4.78 is 17.2. The highest BCUT2D eigenvalue weighted by Crippen LogP contribution is 2.39. The van der Waals surface area contributed by atoms with Crippen molar-refractivity contribution in [2.45, 2.75) is 32.2 Å². The van der Waals surface area contributed by atoms with Gasteiger partial charge in [-0.2, -0.15) is 0 Å². The Bertz CT molecular complexity index is 1440. The van der Waals surface area contributed by atoms with Crippen LogP contribution in [0.15, 0.2) is 82.0 Å². The maximum Gasteiger partial charge on any atom is 0.290 e. The quantitative estimate of drug-likeness (QED) is 0.283. The molecule has 1 amide bonds. The number of rotatable bonds is 9. The maximum atomic E-state index is 13.7. The monoisotopic (exact) mass is 483 g/mol. The summed E-state index contributed by atoms with van der Waals surface area (Å²) in [6.07, 6.45) is 2.62. The first kappa shape index (κ1) is 23.7. The van der Waals surface area contributed by atoms with Crippen LogP contribution in [-0.4, -0.2) is 31.1 Å². The lowest BCUT2D eigenvalue weighted by molar-refractivity contribution is 0.0729. The molecular formula is C30H29NO5. The average molecular weight is 484 g/mol. The summed E-state index contributed by atoms with van der Waals surface area (Å²) in [6, 6.07) is 22.0. The van der Waals surface area contributed by atoms with Gasteiger partial charge in [-0.05, 0) is 60.4 Å². The highest BCUT2D eigenvalue weighted by atomic mass is 16.5. The number of ether oxygens (including phenoxy) is 2. The SMILES string of the molecule is CCCCOc1cccc([C@@H]2c3c(oc4ccccc4c3=O)C(=O)N2CCc2ccc(OC)cc2)c1. The molecule has 6 nitrogen and oxygen atoms in total. The van der Waals surface area contributed by atoms with Crippen LogP contribution in [0.5, 0.6) is 11.5 Å². The zero-order valence-electron chi connectivity index (χ0n) is 20.5. The fourth-order valence-electron chi connectivity index (χ4n) is 4.69. The molecular weight excluding hydrogens is 454 g/mol. The number of amides is 1. The second kappa shape index (κ2) is 10.3. The van der Waals surface area contributed by atoms with E-state index in [1.54, 1.807) is 36.3 Å². The molecule has 0 saturated heterocycles. The molecule has 184 valence electrons. The lowest BCUT2D eigenvalue weighted by atomic mass is 9.98. The molecule has 0 aliphatic carbocycles. The van der Waals surface area contributed by atoms with Crippen LogP contribution in [0.2, 0.25) is 0 Å². The second-order valence-electron chi connectivity index (χ2n) is 8.94. The number of para-hydroxylation sites is 1. The molecule has 0 N–H and O–H groups in total. The van der Waals surface area contributed by atoms with Gasteiger partial charge in [0.15, 0.2) is 5.43 Å². The largest absolute Gasteiger partial charge is 0.497 e. The van der Waals surface area contributed by atoms with Crippen LogP contribution in [0.1, 0.15) is 53.1 Å².